The van der Waals surface area contributed by atoms with Crippen molar-refractivity contribution in [1.29, 1.82) is 0 Å². The molecule has 0 aromatic heterocycles. The summed E-state index contributed by atoms with van der Waals surface area (Å²) in [5.74, 6) is -1.77. The van der Waals surface area contributed by atoms with Crippen LogP contribution in [0.5, 0.6) is 5.75 Å². The van der Waals surface area contributed by atoms with E-state index in [1.165, 1.54) is 24.3 Å². The van der Waals surface area contributed by atoms with Crippen molar-refractivity contribution in [2.24, 2.45) is 5.92 Å². The molecule has 0 saturated carbocycles. The minimum absolute atomic E-state index is 0.0661. The summed E-state index contributed by atoms with van der Waals surface area (Å²) in [6.07, 6.45) is -6.86. The molecule has 0 aliphatic rings. The van der Waals surface area contributed by atoms with Crippen LogP contribution < -0.4 is 4.74 Å². The van der Waals surface area contributed by atoms with Crippen LogP contribution >= 0.6 is 0 Å². The molecule has 4 aromatic carbocycles. The van der Waals surface area contributed by atoms with Crippen molar-refractivity contribution in [3.63, 3.8) is 0 Å². The summed E-state index contributed by atoms with van der Waals surface area (Å²) in [5.41, 5.74) is -4.15. The lowest BCUT2D eigenvalue weighted by atomic mass is 9.91. The fourth-order valence-electron chi connectivity index (χ4n) is 4.99. The summed E-state index contributed by atoms with van der Waals surface area (Å²) in [4.78, 5) is 22.5. The number of carbonyl (C=O) groups is 2. The van der Waals surface area contributed by atoms with Gasteiger partial charge in [0.2, 0.25) is 0 Å². The summed E-state index contributed by atoms with van der Waals surface area (Å²) in [6, 6.07) is 22.6. The fraction of sp³-hybridized carbons (Fsp3) is 0.222. The number of hydrogen-bond acceptors (Lipinski definition) is 3. The van der Waals surface area contributed by atoms with Crippen LogP contribution in [0.4, 0.5) is 30.7 Å². The van der Waals surface area contributed by atoms with Crippen LogP contribution in [0.1, 0.15) is 55.0 Å². The molecule has 0 heterocycles. The summed E-state index contributed by atoms with van der Waals surface area (Å²) in [5, 5.41) is 18.4. The summed E-state index contributed by atoms with van der Waals surface area (Å²) in [6.45, 7) is -0.228. The highest BCUT2D eigenvalue weighted by Gasteiger charge is 2.73. The number of aryl methyl sites for hydroxylation is 1. The molecule has 4 rings (SSSR count). The number of para-hydroxylation sites is 1. The van der Waals surface area contributed by atoms with E-state index in [9.17, 15) is 45.4 Å². The molecule has 0 saturated heterocycles. The van der Waals surface area contributed by atoms with Crippen LogP contribution in [0.3, 0.4) is 0 Å². The maximum atomic E-state index is 14.4. The first-order chi connectivity index (χ1) is 22.6. The molecule has 0 bridgehead atoms. The van der Waals surface area contributed by atoms with Crippen molar-refractivity contribution in [2.75, 3.05) is 0 Å². The zero-order valence-electron chi connectivity index (χ0n) is 25.1. The molecule has 0 aliphatic carbocycles. The third kappa shape index (κ3) is 8.61. The monoisotopic (exact) mass is 674 g/mol. The lowest BCUT2D eigenvalue weighted by Crippen LogP contribution is -2.50. The number of rotatable bonds is 13. The molecule has 4 aromatic rings. The second kappa shape index (κ2) is 14.7. The standard InChI is InChI=1S/C36H29F7O5/c37-34(35(38,39)40,36(41,42)43)30-19-12-26(13-20-30)22-48-31-4-2-1-3-27(31)14-9-24(21-25-10-17-29(18-11-25)33(46)47)6-5-23-7-15-28(16-8-23)32(44)45/h1-4,7-20,24H,5-6,21-22H2,(H,44,45)(H,46,47). The molecule has 2 N–H and O–H groups in total. The van der Waals surface area contributed by atoms with Gasteiger partial charge in [0.1, 0.15) is 12.4 Å². The smallest absolute Gasteiger partial charge is 0.435 e. The number of allylic oxidation sites excluding steroid dienone is 1. The molecule has 48 heavy (non-hydrogen) atoms. The van der Waals surface area contributed by atoms with Crippen molar-refractivity contribution in [3.8, 4) is 5.75 Å². The Morgan fingerprint density at radius 2 is 1.17 bits per heavy atom. The Labute approximate surface area is 270 Å². The predicted molar refractivity (Wildman–Crippen MR) is 163 cm³/mol. The zero-order chi connectivity index (χ0) is 35.1. The topological polar surface area (TPSA) is 83.8 Å². The predicted octanol–water partition coefficient (Wildman–Crippen LogP) is 9.46. The molecule has 12 heteroatoms. The van der Waals surface area contributed by atoms with Crippen molar-refractivity contribution in [3.05, 3.63) is 142 Å². The number of carboxylic acids is 2. The minimum Gasteiger partial charge on any atom is -0.488 e. The van der Waals surface area contributed by atoms with Gasteiger partial charge in [-0.15, -0.1) is 0 Å². The zero-order valence-corrected chi connectivity index (χ0v) is 25.1. The van der Waals surface area contributed by atoms with Gasteiger partial charge in [-0.2, -0.15) is 26.3 Å². The van der Waals surface area contributed by atoms with Crippen LogP contribution in [0.15, 0.2) is 103 Å². The van der Waals surface area contributed by atoms with E-state index in [1.54, 1.807) is 48.5 Å². The van der Waals surface area contributed by atoms with Gasteiger partial charge >= 0.3 is 30.0 Å². The maximum absolute atomic E-state index is 14.4. The molecule has 252 valence electrons. The van der Waals surface area contributed by atoms with E-state index in [4.69, 9.17) is 9.84 Å². The number of carboxylic acid groups (broad SMARTS) is 2. The van der Waals surface area contributed by atoms with Crippen molar-refractivity contribution in [2.45, 2.75) is 43.9 Å². The van der Waals surface area contributed by atoms with E-state index < -0.39 is 35.5 Å². The second-order valence-corrected chi connectivity index (χ2v) is 11.0. The van der Waals surface area contributed by atoms with Gasteiger partial charge in [0.25, 0.3) is 0 Å². The maximum Gasteiger partial charge on any atom is 0.435 e. The highest BCUT2D eigenvalue weighted by Crippen LogP contribution is 2.53. The minimum atomic E-state index is -6.21. The Morgan fingerprint density at radius 1 is 0.667 bits per heavy atom. The van der Waals surface area contributed by atoms with Gasteiger partial charge < -0.3 is 14.9 Å². The molecule has 0 spiro atoms. The SMILES string of the molecule is O=C(O)c1ccc(CCC(C=Cc2ccccc2OCc2ccc(C(F)(C(F)(F)F)C(F)(F)F)cc2)Cc2ccc(C(=O)O)cc2)cc1. The van der Waals surface area contributed by atoms with Crippen LogP contribution in [0.25, 0.3) is 6.08 Å². The van der Waals surface area contributed by atoms with Gasteiger partial charge in [0.15, 0.2) is 0 Å². The normalized spacial score (nSPS) is 13.0. The molecule has 0 fully saturated rings. The molecule has 0 amide bonds. The molecular formula is C36H29F7O5. The van der Waals surface area contributed by atoms with E-state index in [1.807, 2.05) is 12.2 Å². The van der Waals surface area contributed by atoms with Crippen LogP contribution in [0.2, 0.25) is 0 Å². The number of aromatic carboxylic acids is 2. The number of benzene rings is 4. The number of halogens is 7. The summed E-state index contributed by atoms with van der Waals surface area (Å²) < 4.78 is 98.8. The van der Waals surface area contributed by atoms with E-state index in [0.29, 0.717) is 42.7 Å². The van der Waals surface area contributed by atoms with Gasteiger partial charge in [0, 0.05) is 11.1 Å². The first kappa shape index (κ1) is 35.7. The Bertz CT molecular complexity index is 1710. The molecule has 5 nitrogen and oxygen atoms in total. The van der Waals surface area contributed by atoms with Gasteiger partial charge in [-0.1, -0.05) is 78.9 Å². The van der Waals surface area contributed by atoms with Crippen LogP contribution in [-0.4, -0.2) is 34.5 Å². The van der Waals surface area contributed by atoms with E-state index in [-0.39, 0.29) is 29.2 Å². The van der Waals surface area contributed by atoms with Gasteiger partial charge in [0.05, 0.1) is 11.1 Å². The quantitative estimate of drug-likeness (QED) is 0.138. The molecule has 0 radical (unpaired) electrons. The van der Waals surface area contributed by atoms with Gasteiger partial charge in [-0.25, -0.2) is 14.0 Å². The fourth-order valence-corrected chi connectivity index (χ4v) is 4.99. The third-order valence-corrected chi connectivity index (χ3v) is 7.70. The van der Waals surface area contributed by atoms with E-state index in [0.717, 1.165) is 23.3 Å². The number of ether oxygens (including phenoxy) is 1. The van der Waals surface area contributed by atoms with Crippen molar-refractivity contribution >= 4 is 18.0 Å². The first-order valence-corrected chi connectivity index (χ1v) is 14.5. The van der Waals surface area contributed by atoms with E-state index >= 15 is 0 Å². The highest BCUT2D eigenvalue weighted by molar-refractivity contribution is 5.88. The van der Waals surface area contributed by atoms with Crippen LogP contribution in [-0.2, 0) is 25.1 Å². The molecule has 0 aliphatic heterocycles. The highest BCUT2D eigenvalue weighted by atomic mass is 19.4. The molecule has 1 unspecified atom stereocenters. The number of hydrogen-bond donors (Lipinski definition) is 2. The summed E-state index contributed by atoms with van der Waals surface area (Å²) >= 11 is 0. The Hall–Kier alpha value is -5.13. The molecular weight excluding hydrogens is 645 g/mol. The van der Waals surface area contributed by atoms with Crippen molar-refractivity contribution in [1.82, 2.24) is 0 Å². The van der Waals surface area contributed by atoms with Crippen molar-refractivity contribution < 1.29 is 55.3 Å². The largest absolute Gasteiger partial charge is 0.488 e. The Morgan fingerprint density at radius 3 is 1.69 bits per heavy atom. The Balaban J connectivity index is 1.51. The average molecular weight is 675 g/mol. The number of alkyl halides is 7. The lowest BCUT2D eigenvalue weighted by Gasteiger charge is -2.30. The average Bonchev–Trinajstić information content (AvgIpc) is 3.04. The van der Waals surface area contributed by atoms with Crippen LogP contribution in [0, 0.1) is 5.92 Å². The Kier molecular flexibility index (Phi) is 11.0. The van der Waals surface area contributed by atoms with Gasteiger partial charge in [-0.3, -0.25) is 0 Å². The lowest BCUT2D eigenvalue weighted by molar-refractivity contribution is -0.348. The van der Waals surface area contributed by atoms with E-state index in [2.05, 4.69) is 0 Å². The first-order valence-electron chi connectivity index (χ1n) is 14.5. The van der Waals surface area contributed by atoms with Gasteiger partial charge in [-0.05, 0) is 72.2 Å². The third-order valence-electron chi connectivity index (χ3n) is 7.70. The summed E-state index contributed by atoms with van der Waals surface area (Å²) in [7, 11) is 0. The molecule has 1 atom stereocenters. The second-order valence-electron chi connectivity index (χ2n) is 11.0.